The second-order valence-electron chi connectivity index (χ2n) is 6.26. The van der Waals surface area contributed by atoms with Gasteiger partial charge >= 0.3 is 23.5 Å². The van der Waals surface area contributed by atoms with E-state index in [1.807, 2.05) is 0 Å². The monoisotopic (exact) mass is 519 g/mol. The van der Waals surface area contributed by atoms with Crippen molar-refractivity contribution in [2.24, 2.45) is 0 Å². The van der Waals surface area contributed by atoms with Gasteiger partial charge in [-0.1, -0.05) is 0 Å². The van der Waals surface area contributed by atoms with E-state index in [1.54, 1.807) is 0 Å². The quantitative estimate of drug-likeness (QED) is 0.223. The predicted molar refractivity (Wildman–Crippen MR) is 99.5 cm³/mol. The first-order valence-electron chi connectivity index (χ1n) is 8.31. The maximum Gasteiger partial charge on any atom is 0.490 e. The van der Waals surface area contributed by atoms with Gasteiger partial charge in [-0.2, -0.15) is 8.62 Å². The van der Waals surface area contributed by atoms with Gasteiger partial charge in [-0.05, 0) is 12.1 Å². The predicted octanol–water partition coefficient (Wildman–Crippen LogP) is -1.25. The van der Waals surface area contributed by atoms with Crippen LogP contribution in [0, 0.1) is 0 Å². The van der Waals surface area contributed by atoms with Crippen LogP contribution in [0.5, 0.6) is 0 Å². The highest BCUT2D eigenvalue weighted by Crippen LogP contribution is 2.66. The molecule has 0 spiro atoms. The molecule has 0 radical (unpaired) electrons. The zero-order chi connectivity index (χ0) is 23.9. The minimum Gasteiger partial charge on any atom is -0.387 e. The van der Waals surface area contributed by atoms with Crippen molar-refractivity contribution < 1.29 is 61.4 Å². The number of fused-ring (bicyclic) bond motifs is 1. The number of nitrogens with zero attached hydrogens (tertiary/aromatic N) is 3. The van der Waals surface area contributed by atoms with Crippen molar-refractivity contribution in [1.82, 2.24) is 14.5 Å². The molecule has 1 aliphatic heterocycles. The van der Waals surface area contributed by atoms with Gasteiger partial charge < -0.3 is 34.5 Å². The average Bonchev–Trinajstić information content (AvgIpc) is 2.92. The van der Waals surface area contributed by atoms with Gasteiger partial charge in [0, 0.05) is 6.20 Å². The summed E-state index contributed by atoms with van der Waals surface area (Å²) in [6, 6.07) is 2.89. The molecule has 6 atom stereocenters. The number of ether oxygens (including phenoxy) is 1. The van der Waals surface area contributed by atoms with Crippen molar-refractivity contribution in [3.63, 3.8) is 0 Å². The number of phosphoric acid groups is 3. The first-order valence-corrected chi connectivity index (χ1v) is 12.8. The van der Waals surface area contributed by atoms with E-state index in [0.29, 0.717) is 0 Å². The molecule has 178 valence electrons. The van der Waals surface area contributed by atoms with Crippen molar-refractivity contribution in [3.05, 3.63) is 35.0 Å². The number of aliphatic hydroxyl groups is 2. The number of aromatic nitrogens is 3. The molecular weight excluding hydrogens is 503 g/mol. The fourth-order valence-corrected chi connectivity index (χ4v) is 5.75. The molecule has 1 aliphatic rings. The number of phosphoric ester groups is 1. The highest BCUT2D eigenvalue weighted by molar-refractivity contribution is 7.66. The summed E-state index contributed by atoms with van der Waals surface area (Å²) in [7, 11) is -16.8. The lowest BCUT2D eigenvalue weighted by atomic mass is 10.1. The first kappa shape index (κ1) is 25.2. The lowest BCUT2D eigenvalue weighted by Crippen LogP contribution is -2.35. The van der Waals surface area contributed by atoms with Crippen LogP contribution in [-0.4, -0.2) is 69.2 Å². The standard InChI is InChI=1S/C12H16N3O14P3/c16-8-7(4-26-31(22,23)29-32(24,25)28-30(19,20)21)27-12(9(8)17)15-5-14-10-6(11(15)18)2-1-3-13-10/h1-3,5,7-9,12,16-17H,4H2,(H,22,23)(H,24,25)(H2,19,20,21)/t7-,8-,9-,12-/m1/s1. The summed E-state index contributed by atoms with van der Waals surface area (Å²) in [5.41, 5.74) is -0.557. The van der Waals surface area contributed by atoms with E-state index >= 15 is 0 Å². The van der Waals surface area contributed by atoms with Crippen LogP contribution >= 0.6 is 23.5 Å². The summed E-state index contributed by atoms with van der Waals surface area (Å²) in [5, 5.41) is 20.4. The molecule has 3 heterocycles. The largest absolute Gasteiger partial charge is 0.490 e. The third kappa shape index (κ3) is 5.92. The van der Waals surface area contributed by atoms with Gasteiger partial charge in [0.2, 0.25) is 0 Å². The summed E-state index contributed by atoms with van der Waals surface area (Å²) in [4.78, 5) is 56.0. The van der Waals surface area contributed by atoms with E-state index in [2.05, 4.69) is 23.1 Å². The van der Waals surface area contributed by atoms with Gasteiger partial charge in [0.15, 0.2) is 11.9 Å². The van der Waals surface area contributed by atoms with Crippen molar-refractivity contribution in [3.8, 4) is 0 Å². The van der Waals surface area contributed by atoms with Crippen LogP contribution in [0.25, 0.3) is 11.0 Å². The second-order valence-corrected chi connectivity index (χ2v) is 10.7. The van der Waals surface area contributed by atoms with E-state index in [4.69, 9.17) is 19.4 Å². The van der Waals surface area contributed by atoms with Crippen LogP contribution in [-0.2, 0) is 31.6 Å². The molecule has 0 aromatic carbocycles. The molecule has 17 nitrogen and oxygen atoms in total. The molecule has 1 saturated heterocycles. The third-order valence-corrected chi connectivity index (χ3v) is 7.79. The van der Waals surface area contributed by atoms with E-state index in [0.717, 1.165) is 10.9 Å². The highest BCUT2D eigenvalue weighted by Gasteiger charge is 2.46. The summed E-state index contributed by atoms with van der Waals surface area (Å²) < 4.78 is 51.4. The van der Waals surface area contributed by atoms with Gasteiger partial charge in [0.05, 0.1) is 12.0 Å². The van der Waals surface area contributed by atoms with Crippen molar-refractivity contribution in [2.75, 3.05) is 6.61 Å². The minimum atomic E-state index is -5.73. The second kappa shape index (κ2) is 9.08. The molecule has 0 amide bonds. The molecule has 2 aromatic rings. The Morgan fingerprint density at radius 3 is 2.38 bits per heavy atom. The lowest BCUT2D eigenvalue weighted by Gasteiger charge is -2.19. The van der Waals surface area contributed by atoms with Crippen molar-refractivity contribution in [1.29, 1.82) is 0 Å². The van der Waals surface area contributed by atoms with Crippen LogP contribution in [0.2, 0.25) is 0 Å². The van der Waals surface area contributed by atoms with Crippen LogP contribution in [0.3, 0.4) is 0 Å². The smallest absolute Gasteiger partial charge is 0.387 e. The molecule has 1 fully saturated rings. The number of hydrogen-bond donors (Lipinski definition) is 6. The highest BCUT2D eigenvalue weighted by atomic mass is 31.3. The Balaban J connectivity index is 1.71. The Labute approximate surface area is 177 Å². The fraction of sp³-hybridized carbons (Fsp3) is 0.417. The number of rotatable bonds is 8. The van der Waals surface area contributed by atoms with E-state index in [-0.39, 0.29) is 11.0 Å². The molecule has 32 heavy (non-hydrogen) atoms. The Bertz CT molecular complexity index is 1200. The molecule has 0 aliphatic carbocycles. The molecule has 3 rings (SSSR count). The fourth-order valence-electron chi connectivity index (χ4n) is 2.72. The zero-order valence-corrected chi connectivity index (χ0v) is 18.1. The van der Waals surface area contributed by atoms with Gasteiger partial charge in [0.1, 0.15) is 24.6 Å². The average molecular weight is 519 g/mol. The van der Waals surface area contributed by atoms with E-state index in [9.17, 15) is 33.6 Å². The van der Waals surface area contributed by atoms with Crippen molar-refractivity contribution >= 4 is 34.5 Å². The van der Waals surface area contributed by atoms with Gasteiger partial charge in [-0.25, -0.2) is 23.7 Å². The summed E-state index contributed by atoms with van der Waals surface area (Å²) in [6.07, 6.45) is -4.12. The topological polar surface area (TPSA) is 257 Å². The van der Waals surface area contributed by atoms with E-state index < -0.39 is 60.2 Å². The Kier molecular flexibility index (Phi) is 7.15. The summed E-state index contributed by atoms with van der Waals surface area (Å²) in [5.74, 6) is 0. The number of pyridine rings is 1. The maximum absolute atomic E-state index is 12.6. The van der Waals surface area contributed by atoms with Gasteiger partial charge in [-0.3, -0.25) is 13.9 Å². The Hall–Kier alpha value is -1.42. The van der Waals surface area contributed by atoms with Crippen LogP contribution in [0.4, 0.5) is 0 Å². The normalized spacial score (nSPS) is 27.8. The molecule has 2 aromatic heterocycles. The minimum absolute atomic E-state index is 0.0806. The van der Waals surface area contributed by atoms with Gasteiger partial charge in [0.25, 0.3) is 5.56 Å². The number of aliphatic hydroxyl groups excluding tert-OH is 2. The van der Waals surface area contributed by atoms with Crippen LogP contribution < -0.4 is 5.56 Å². The molecular formula is C12H16N3O14P3. The van der Waals surface area contributed by atoms with Crippen LogP contribution in [0.15, 0.2) is 29.5 Å². The molecule has 2 unspecified atom stereocenters. The summed E-state index contributed by atoms with van der Waals surface area (Å²) >= 11 is 0. The SMILES string of the molecule is O=c1c2cccnc2ncn1[C@@H]1O[C@H](COP(=O)(O)OP(=O)(O)OP(=O)(O)O)[C@@H](O)[C@H]1O. The number of hydrogen-bond acceptors (Lipinski definition) is 12. The first-order chi connectivity index (χ1) is 14.7. The zero-order valence-electron chi connectivity index (χ0n) is 15.5. The molecule has 0 bridgehead atoms. The Morgan fingerprint density at radius 2 is 1.72 bits per heavy atom. The maximum atomic E-state index is 12.6. The summed E-state index contributed by atoms with van der Waals surface area (Å²) in [6.45, 7) is -1.02. The van der Waals surface area contributed by atoms with Gasteiger partial charge in [-0.15, -0.1) is 0 Å². The lowest BCUT2D eigenvalue weighted by molar-refractivity contribution is -0.0538. The molecule has 6 N–H and O–H groups in total. The Morgan fingerprint density at radius 1 is 1.03 bits per heavy atom. The van der Waals surface area contributed by atoms with Crippen LogP contribution in [0.1, 0.15) is 6.23 Å². The third-order valence-electron chi connectivity index (χ3n) is 3.99. The molecule has 0 saturated carbocycles. The van der Waals surface area contributed by atoms with E-state index in [1.165, 1.54) is 18.3 Å². The molecule has 20 heteroatoms. The van der Waals surface area contributed by atoms with Crippen molar-refractivity contribution in [2.45, 2.75) is 24.5 Å².